The second-order valence-corrected chi connectivity index (χ2v) is 9.00. The van der Waals surface area contributed by atoms with Gasteiger partial charge in [-0.05, 0) is 18.1 Å². The maximum Gasteiger partial charge on any atom is 0.236 e. The van der Waals surface area contributed by atoms with Crippen LogP contribution < -0.4 is 0 Å². The van der Waals surface area contributed by atoms with Gasteiger partial charge >= 0.3 is 0 Å². The average Bonchev–Trinajstić information content (AvgIpc) is 2.88. The minimum atomic E-state index is -3.56. The molecule has 20 heavy (non-hydrogen) atoms. The molecule has 7 heteroatoms. The van der Waals surface area contributed by atoms with Gasteiger partial charge in [-0.15, -0.1) is 0 Å². The van der Waals surface area contributed by atoms with Crippen molar-refractivity contribution in [3.05, 3.63) is 41.3 Å². The molecule has 5 nitrogen and oxygen atoms in total. The van der Waals surface area contributed by atoms with Gasteiger partial charge in [0.15, 0.2) is 9.84 Å². The highest BCUT2D eigenvalue weighted by Crippen LogP contribution is 2.20. The Morgan fingerprint density at radius 1 is 1.15 bits per heavy atom. The fourth-order valence-electron chi connectivity index (χ4n) is 2.09. The van der Waals surface area contributed by atoms with Crippen molar-refractivity contribution in [2.75, 3.05) is 19.3 Å². The van der Waals surface area contributed by atoms with Crippen LogP contribution in [0.2, 0.25) is 0 Å². The summed E-state index contributed by atoms with van der Waals surface area (Å²) >= 11 is 0. The van der Waals surface area contributed by atoms with Crippen molar-refractivity contribution in [1.82, 2.24) is 4.31 Å². The molecule has 1 fully saturated rings. The van der Waals surface area contributed by atoms with Crippen molar-refractivity contribution in [1.29, 1.82) is 0 Å². The van der Waals surface area contributed by atoms with Crippen LogP contribution in [-0.2, 0) is 19.9 Å². The van der Waals surface area contributed by atoms with Gasteiger partial charge < -0.3 is 0 Å². The molecule has 0 saturated carbocycles. The van der Waals surface area contributed by atoms with Crippen LogP contribution in [0.25, 0.3) is 6.08 Å². The molecule has 0 amide bonds. The normalized spacial score (nSPS) is 21.6. The van der Waals surface area contributed by atoms with Gasteiger partial charge in [-0.3, -0.25) is 0 Å². The van der Waals surface area contributed by atoms with Crippen LogP contribution in [-0.4, -0.2) is 45.7 Å². The Morgan fingerprint density at radius 2 is 1.80 bits per heavy atom. The molecule has 1 unspecified atom stereocenters. The summed E-state index contributed by atoms with van der Waals surface area (Å²) in [7, 11) is -6.76. The minimum absolute atomic E-state index is 0.0420. The highest BCUT2D eigenvalue weighted by atomic mass is 32.2. The van der Waals surface area contributed by atoms with E-state index >= 15 is 0 Å². The van der Waals surface area contributed by atoms with E-state index in [0.717, 1.165) is 17.2 Å². The summed E-state index contributed by atoms with van der Waals surface area (Å²) < 4.78 is 48.4. The maximum atomic E-state index is 12.1. The van der Waals surface area contributed by atoms with Gasteiger partial charge in [-0.1, -0.05) is 30.3 Å². The summed E-state index contributed by atoms with van der Waals surface area (Å²) in [6.45, 7) is 0.291. The standard InChI is InChI=1S/C13H17NO4S2/c1-19(15,16)13-7-9-14(11-13)20(17,18)10-8-12-5-3-2-4-6-12/h2-6,8,10,13H,7,9,11H2,1H3/b10-8+. The molecular weight excluding hydrogens is 298 g/mol. The summed E-state index contributed by atoms with van der Waals surface area (Å²) in [6, 6.07) is 9.09. The molecule has 0 N–H and O–H groups in total. The van der Waals surface area contributed by atoms with E-state index in [1.54, 1.807) is 12.1 Å². The third-order valence-electron chi connectivity index (χ3n) is 3.31. The van der Waals surface area contributed by atoms with Crippen molar-refractivity contribution in [2.45, 2.75) is 11.7 Å². The lowest BCUT2D eigenvalue weighted by Gasteiger charge is -2.13. The maximum absolute atomic E-state index is 12.1. The van der Waals surface area contributed by atoms with Crippen LogP contribution in [0, 0.1) is 0 Å². The van der Waals surface area contributed by atoms with Crippen molar-refractivity contribution in [3.63, 3.8) is 0 Å². The van der Waals surface area contributed by atoms with E-state index in [1.807, 2.05) is 18.2 Å². The Labute approximate surface area is 119 Å². The minimum Gasteiger partial charge on any atom is -0.229 e. The number of hydrogen-bond donors (Lipinski definition) is 0. The van der Waals surface area contributed by atoms with Crippen molar-refractivity contribution in [2.24, 2.45) is 0 Å². The predicted molar refractivity (Wildman–Crippen MR) is 79.2 cm³/mol. The van der Waals surface area contributed by atoms with E-state index in [9.17, 15) is 16.8 Å². The molecule has 0 aromatic heterocycles. The zero-order chi connectivity index (χ0) is 14.8. The van der Waals surface area contributed by atoms with Gasteiger partial charge in [0.2, 0.25) is 10.0 Å². The lowest BCUT2D eigenvalue weighted by Crippen LogP contribution is -2.30. The molecule has 2 rings (SSSR count). The number of sulfonamides is 1. The van der Waals surface area contributed by atoms with E-state index in [1.165, 1.54) is 10.4 Å². The Balaban J connectivity index is 2.11. The van der Waals surface area contributed by atoms with E-state index < -0.39 is 25.1 Å². The lowest BCUT2D eigenvalue weighted by atomic mass is 10.2. The van der Waals surface area contributed by atoms with Gasteiger partial charge in [0, 0.05) is 24.8 Å². The summed E-state index contributed by atoms with van der Waals surface area (Å²) in [5.41, 5.74) is 0.787. The zero-order valence-corrected chi connectivity index (χ0v) is 12.8. The zero-order valence-electron chi connectivity index (χ0n) is 11.1. The first-order chi connectivity index (χ1) is 9.29. The number of rotatable bonds is 4. The molecule has 0 bridgehead atoms. The summed E-state index contributed by atoms with van der Waals surface area (Å²) in [5, 5.41) is 0.537. The molecule has 0 radical (unpaired) electrons. The summed E-state index contributed by atoms with van der Waals surface area (Å²) in [4.78, 5) is 0. The third-order valence-corrected chi connectivity index (χ3v) is 6.43. The van der Waals surface area contributed by atoms with Gasteiger partial charge in [-0.2, -0.15) is 4.31 Å². The second kappa shape index (κ2) is 5.67. The number of benzene rings is 1. The first-order valence-electron chi connectivity index (χ1n) is 6.21. The van der Waals surface area contributed by atoms with Crippen LogP contribution >= 0.6 is 0 Å². The van der Waals surface area contributed by atoms with Crippen LogP contribution in [0.3, 0.4) is 0 Å². The third kappa shape index (κ3) is 3.68. The Hall–Kier alpha value is -1.18. The highest BCUT2D eigenvalue weighted by Gasteiger charge is 2.35. The Morgan fingerprint density at radius 3 is 2.35 bits per heavy atom. The predicted octanol–water partition coefficient (Wildman–Crippen LogP) is 1.11. The molecule has 1 aromatic carbocycles. The van der Waals surface area contributed by atoms with Crippen molar-refractivity contribution >= 4 is 25.9 Å². The first-order valence-corrected chi connectivity index (χ1v) is 9.67. The van der Waals surface area contributed by atoms with Gasteiger partial charge in [0.25, 0.3) is 0 Å². The van der Waals surface area contributed by atoms with E-state index in [-0.39, 0.29) is 13.1 Å². The number of nitrogens with zero attached hydrogens (tertiary/aromatic N) is 1. The van der Waals surface area contributed by atoms with Crippen LogP contribution in [0.4, 0.5) is 0 Å². The fourth-order valence-corrected chi connectivity index (χ4v) is 4.42. The number of hydrogen-bond acceptors (Lipinski definition) is 4. The lowest BCUT2D eigenvalue weighted by molar-refractivity contribution is 0.485. The van der Waals surface area contributed by atoms with Gasteiger partial charge in [-0.25, -0.2) is 16.8 Å². The first kappa shape index (κ1) is 15.2. The summed E-state index contributed by atoms with van der Waals surface area (Å²) in [6.07, 6.45) is 3.02. The molecule has 1 saturated heterocycles. The van der Waals surface area contributed by atoms with Crippen LogP contribution in [0.15, 0.2) is 35.7 Å². The molecule has 1 aliphatic rings. The largest absolute Gasteiger partial charge is 0.236 e. The van der Waals surface area contributed by atoms with E-state index in [2.05, 4.69) is 0 Å². The molecule has 110 valence electrons. The summed E-state index contributed by atoms with van der Waals surface area (Å²) in [5.74, 6) is 0. The van der Waals surface area contributed by atoms with Crippen LogP contribution in [0.5, 0.6) is 0 Å². The monoisotopic (exact) mass is 315 g/mol. The molecule has 0 aliphatic carbocycles. The average molecular weight is 315 g/mol. The molecule has 1 atom stereocenters. The Kier molecular flexibility index (Phi) is 4.31. The van der Waals surface area contributed by atoms with E-state index in [4.69, 9.17) is 0 Å². The Bertz CT molecular complexity index is 693. The smallest absolute Gasteiger partial charge is 0.229 e. The molecule has 1 heterocycles. The quantitative estimate of drug-likeness (QED) is 0.834. The van der Waals surface area contributed by atoms with Gasteiger partial charge in [0.05, 0.1) is 5.25 Å². The second-order valence-electron chi connectivity index (χ2n) is 4.86. The fraction of sp³-hybridized carbons (Fsp3) is 0.385. The van der Waals surface area contributed by atoms with Crippen LogP contribution in [0.1, 0.15) is 12.0 Å². The van der Waals surface area contributed by atoms with E-state index in [0.29, 0.717) is 6.42 Å². The van der Waals surface area contributed by atoms with Crippen molar-refractivity contribution in [3.8, 4) is 0 Å². The molecule has 0 spiro atoms. The SMILES string of the molecule is CS(=O)(=O)C1CCN(S(=O)(=O)/C=C/c2ccccc2)C1. The van der Waals surface area contributed by atoms with Crippen molar-refractivity contribution < 1.29 is 16.8 Å². The molecule has 1 aromatic rings. The number of sulfone groups is 1. The molecule has 1 aliphatic heterocycles. The molecular formula is C13H17NO4S2. The van der Waals surface area contributed by atoms with Gasteiger partial charge in [0.1, 0.15) is 0 Å². The highest BCUT2D eigenvalue weighted by molar-refractivity contribution is 7.92. The topological polar surface area (TPSA) is 71.5 Å².